The summed E-state index contributed by atoms with van der Waals surface area (Å²) in [6.45, 7) is 2.38. The van der Waals surface area contributed by atoms with Crippen LogP contribution in [0.1, 0.15) is 31.7 Å². The first-order chi connectivity index (χ1) is 16.5. The zero-order valence-corrected chi connectivity index (χ0v) is 20.1. The van der Waals surface area contributed by atoms with Gasteiger partial charge >= 0.3 is 0 Å². The summed E-state index contributed by atoms with van der Waals surface area (Å²) >= 11 is 0. The molecule has 2 aromatic carbocycles. The van der Waals surface area contributed by atoms with Gasteiger partial charge in [0.15, 0.2) is 12.8 Å². The molecular formula is C25H36N3O6+. The first kappa shape index (κ1) is 26.9. The van der Waals surface area contributed by atoms with Crippen LogP contribution >= 0.6 is 0 Å². The van der Waals surface area contributed by atoms with E-state index in [9.17, 15) is 10.0 Å². The Balaban J connectivity index is 2.15. The molecule has 0 radical (unpaired) electrons. The van der Waals surface area contributed by atoms with Crippen molar-refractivity contribution >= 4 is 0 Å². The molecule has 1 atom stereocenters. The van der Waals surface area contributed by atoms with Gasteiger partial charge in [-0.15, -0.1) is 0 Å². The highest BCUT2D eigenvalue weighted by Crippen LogP contribution is 2.21. The summed E-state index contributed by atoms with van der Waals surface area (Å²) in [6.07, 6.45) is 2.32. The molecule has 4 N–H and O–H groups in total. The Bertz CT molecular complexity index is 917. The zero-order valence-electron chi connectivity index (χ0n) is 20.1. The monoisotopic (exact) mass is 474 g/mol. The lowest BCUT2D eigenvalue weighted by molar-refractivity contribution is -0.555. The van der Waals surface area contributed by atoms with Crippen molar-refractivity contribution in [3.63, 3.8) is 0 Å². The topological polar surface area (TPSA) is 112 Å². The lowest BCUT2D eigenvalue weighted by Crippen LogP contribution is -2.39. The average Bonchev–Trinajstić information content (AvgIpc) is 2.85. The molecule has 0 aliphatic rings. The average molecular weight is 475 g/mol. The third-order valence-corrected chi connectivity index (χ3v) is 5.38. The van der Waals surface area contributed by atoms with Gasteiger partial charge in [0.25, 0.3) is 0 Å². The number of methoxy groups -OCH3 is 1. The first-order valence-corrected chi connectivity index (χ1v) is 11.4. The molecule has 0 bridgehead atoms. The Morgan fingerprint density at radius 3 is 2.50 bits per heavy atom. The zero-order chi connectivity index (χ0) is 24.8. The van der Waals surface area contributed by atoms with E-state index in [2.05, 4.69) is 15.5 Å². The Kier molecular flexibility index (Phi) is 11.7. The summed E-state index contributed by atoms with van der Waals surface area (Å²) in [5, 5.41) is 24.9. The van der Waals surface area contributed by atoms with Gasteiger partial charge in [-0.1, -0.05) is 25.1 Å². The van der Waals surface area contributed by atoms with Crippen molar-refractivity contribution in [2.75, 3.05) is 33.9 Å². The molecule has 0 aromatic heterocycles. The number of benzene rings is 2. The van der Waals surface area contributed by atoms with Crippen LogP contribution in [0.25, 0.3) is 0 Å². The fraction of sp³-hybridized carbons (Fsp3) is 0.440. The fourth-order valence-corrected chi connectivity index (χ4v) is 3.48. The summed E-state index contributed by atoms with van der Waals surface area (Å²) in [4.78, 5) is 15.9. The maximum atomic E-state index is 11.9. The molecule has 9 nitrogen and oxygen atoms in total. The van der Waals surface area contributed by atoms with Crippen molar-refractivity contribution in [3.05, 3.63) is 70.4 Å². The number of phenols is 1. The van der Waals surface area contributed by atoms with Crippen LogP contribution in [0, 0.1) is 4.91 Å². The Morgan fingerprint density at radius 1 is 1.12 bits per heavy atom. The van der Waals surface area contributed by atoms with Gasteiger partial charge in [0.2, 0.25) is 6.54 Å². The van der Waals surface area contributed by atoms with E-state index in [4.69, 9.17) is 14.7 Å². The molecule has 1 unspecified atom stereocenters. The summed E-state index contributed by atoms with van der Waals surface area (Å²) < 4.78 is 12.3. The molecule has 34 heavy (non-hydrogen) atoms. The second-order valence-electron chi connectivity index (χ2n) is 7.73. The smallest absolute Gasteiger partial charge is 0.218 e. The molecular weight excluding hydrogens is 438 g/mol. The number of ether oxygens (including phenoxy) is 2. The van der Waals surface area contributed by atoms with E-state index < -0.39 is 0 Å². The van der Waals surface area contributed by atoms with E-state index in [1.165, 1.54) is 0 Å². The minimum Gasteiger partial charge on any atom is -0.508 e. The van der Waals surface area contributed by atoms with Gasteiger partial charge in [-0.05, 0) is 48.2 Å². The first-order valence-electron chi connectivity index (χ1n) is 11.4. The minimum atomic E-state index is -0.390. The van der Waals surface area contributed by atoms with Crippen LogP contribution in [0.15, 0.2) is 59.9 Å². The maximum Gasteiger partial charge on any atom is 0.218 e. The van der Waals surface area contributed by atoms with Crippen molar-refractivity contribution in [2.45, 2.75) is 38.8 Å². The molecule has 0 spiro atoms. The van der Waals surface area contributed by atoms with Crippen LogP contribution in [0.2, 0.25) is 0 Å². The largest absolute Gasteiger partial charge is 0.508 e. The number of nitrogens with one attached hydrogen (secondary N) is 2. The third-order valence-electron chi connectivity index (χ3n) is 5.38. The molecule has 0 saturated heterocycles. The molecule has 0 amide bonds. The van der Waals surface area contributed by atoms with Crippen LogP contribution in [-0.2, 0) is 11.3 Å². The van der Waals surface area contributed by atoms with Crippen molar-refractivity contribution in [1.82, 2.24) is 10.6 Å². The van der Waals surface area contributed by atoms with Crippen molar-refractivity contribution in [3.8, 4) is 17.2 Å². The Labute approximate surface area is 200 Å². The van der Waals surface area contributed by atoms with Gasteiger partial charge in [-0.2, -0.15) is 0 Å². The van der Waals surface area contributed by atoms with Crippen LogP contribution < -0.4 is 20.1 Å². The second-order valence-corrected chi connectivity index (χ2v) is 7.73. The number of hydrogen-bond donors (Lipinski definition) is 4. The van der Waals surface area contributed by atoms with Gasteiger partial charge in [0.05, 0.1) is 7.11 Å². The van der Waals surface area contributed by atoms with E-state index in [1.54, 1.807) is 31.4 Å². The van der Waals surface area contributed by atoms with Crippen LogP contribution in [-0.4, -0.2) is 55.2 Å². The number of phenolic OH excluding ortho intramolecular Hbond substituents is 1. The lowest BCUT2D eigenvalue weighted by atomic mass is 10.1. The standard InChI is InChI=1S/C25H35N3O6/c1-4-20(14-15-28(30)16-17-33-31)25(26-2)27-24(34-23-7-5-6-21(29)18-23)13-10-19-8-11-22(32-3)12-9-19/h5-9,11-12,18,24,26-27H,4,10,13-17H2,1-3H3,(H-,29,31)/p+1. The van der Waals surface area contributed by atoms with E-state index in [1.807, 2.05) is 38.2 Å². The highest BCUT2D eigenvalue weighted by Gasteiger charge is 2.17. The SMILES string of the molecule is CCC(CC[N+](=O)CCOO)=C(NC)NC(CCc1ccc(OC)cc1)Oc1cccc(O)c1. The molecule has 0 fully saturated rings. The molecule has 0 aliphatic heterocycles. The molecule has 186 valence electrons. The number of aryl methyl sites for hydroxylation is 1. The molecule has 0 saturated carbocycles. The van der Waals surface area contributed by atoms with Crippen LogP contribution in [0.3, 0.4) is 0 Å². The number of nitroso groups, excluding NO2 is 1. The Morgan fingerprint density at radius 2 is 1.88 bits per heavy atom. The summed E-state index contributed by atoms with van der Waals surface area (Å²) in [7, 11) is 3.46. The normalized spacial score (nSPS) is 12.5. The molecule has 2 aromatic rings. The lowest BCUT2D eigenvalue weighted by Gasteiger charge is -2.25. The predicted octanol–water partition coefficient (Wildman–Crippen LogP) is 3.83. The molecule has 0 heterocycles. The maximum absolute atomic E-state index is 11.9. The molecule has 9 heteroatoms. The fourth-order valence-electron chi connectivity index (χ4n) is 3.48. The van der Waals surface area contributed by atoms with Crippen molar-refractivity contribution < 1.29 is 29.5 Å². The van der Waals surface area contributed by atoms with Crippen molar-refractivity contribution in [2.24, 2.45) is 0 Å². The summed E-state index contributed by atoms with van der Waals surface area (Å²) in [5.41, 5.74) is 2.19. The molecule has 0 aliphatic carbocycles. The molecule has 2 rings (SSSR count). The van der Waals surface area contributed by atoms with Gasteiger partial charge in [0.1, 0.15) is 29.7 Å². The van der Waals surface area contributed by atoms with Gasteiger partial charge < -0.3 is 25.2 Å². The highest BCUT2D eigenvalue weighted by atomic mass is 17.1. The minimum absolute atomic E-state index is 0.0308. The number of rotatable bonds is 16. The van der Waals surface area contributed by atoms with Gasteiger partial charge in [-0.3, -0.25) is 5.26 Å². The van der Waals surface area contributed by atoms with E-state index in [-0.39, 0.29) is 31.7 Å². The van der Waals surface area contributed by atoms with Gasteiger partial charge in [0, 0.05) is 35.6 Å². The van der Waals surface area contributed by atoms with E-state index >= 15 is 0 Å². The van der Waals surface area contributed by atoms with Crippen molar-refractivity contribution in [1.29, 1.82) is 0 Å². The number of hydrogen-bond acceptors (Lipinski definition) is 8. The number of nitrogens with zero attached hydrogens (tertiary/aromatic N) is 1. The summed E-state index contributed by atoms with van der Waals surface area (Å²) in [5.74, 6) is 2.29. The van der Waals surface area contributed by atoms with Gasteiger partial charge in [-0.25, -0.2) is 4.89 Å². The van der Waals surface area contributed by atoms with Crippen LogP contribution in [0.4, 0.5) is 0 Å². The predicted molar refractivity (Wildman–Crippen MR) is 130 cm³/mol. The highest BCUT2D eigenvalue weighted by molar-refractivity contribution is 5.32. The Hall–Kier alpha value is -3.30. The van der Waals surface area contributed by atoms with E-state index in [0.29, 0.717) is 18.6 Å². The second kappa shape index (κ2) is 14.8. The van der Waals surface area contributed by atoms with Crippen LogP contribution in [0.5, 0.6) is 17.2 Å². The summed E-state index contributed by atoms with van der Waals surface area (Å²) in [6, 6.07) is 14.6. The number of aromatic hydroxyl groups is 1. The quantitative estimate of drug-likeness (QED) is 0.126. The van der Waals surface area contributed by atoms with E-state index in [0.717, 1.165) is 40.3 Å². The third kappa shape index (κ3) is 9.29.